The van der Waals surface area contributed by atoms with E-state index in [0.29, 0.717) is 5.56 Å². The number of carbonyl (C=O) groups is 1. The number of hydrogen-bond donors (Lipinski definition) is 0. The van der Waals surface area contributed by atoms with Crippen molar-refractivity contribution in [3.63, 3.8) is 0 Å². The number of ether oxygens (including phenoxy) is 1. The molecule has 0 aliphatic rings. The molecule has 0 amide bonds. The minimum atomic E-state index is -2.69. The van der Waals surface area contributed by atoms with Gasteiger partial charge in [0.1, 0.15) is 5.69 Å². The van der Waals surface area contributed by atoms with Gasteiger partial charge in [-0.2, -0.15) is 0 Å². The van der Waals surface area contributed by atoms with Gasteiger partial charge in [0.15, 0.2) is 0 Å². The lowest BCUT2D eigenvalue weighted by Crippen LogP contribution is -2.10. The standard InChI is InChI=1S/C10H10ClF2NO2/c1-5-6(3-11)7(10(15)16-2)4-14-8(5)9(12)13/h4,9H,3H2,1-2H3. The summed E-state index contributed by atoms with van der Waals surface area (Å²) in [5.74, 6) is -0.675. The summed E-state index contributed by atoms with van der Waals surface area (Å²) in [6, 6.07) is 0. The van der Waals surface area contributed by atoms with Gasteiger partial charge in [-0.1, -0.05) is 0 Å². The highest BCUT2D eigenvalue weighted by atomic mass is 35.5. The molecule has 1 heterocycles. The van der Waals surface area contributed by atoms with Gasteiger partial charge in [-0.3, -0.25) is 4.98 Å². The first-order valence-electron chi connectivity index (χ1n) is 4.43. The molecule has 1 aromatic heterocycles. The van der Waals surface area contributed by atoms with Crippen LogP contribution >= 0.6 is 11.6 Å². The number of halogens is 3. The summed E-state index contributed by atoms with van der Waals surface area (Å²) in [6.07, 6.45) is -1.62. The summed E-state index contributed by atoms with van der Waals surface area (Å²) < 4.78 is 29.6. The summed E-state index contributed by atoms with van der Waals surface area (Å²) in [7, 11) is 1.21. The van der Waals surface area contributed by atoms with Crippen molar-refractivity contribution in [3.05, 3.63) is 28.6 Å². The molecular weight excluding hydrogens is 240 g/mol. The van der Waals surface area contributed by atoms with Gasteiger partial charge >= 0.3 is 5.97 Å². The lowest BCUT2D eigenvalue weighted by atomic mass is 10.0. The van der Waals surface area contributed by atoms with Gasteiger partial charge in [0, 0.05) is 12.1 Å². The van der Waals surface area contributed by atoms with Crippen LogP contribution in [0, 0.1) is 6.92 Å². The molecule has 0 fully saturated rings. The minimum absolute atomic E-state index is 0.0431. The predicted molar refractivity (Wildman–Crippen MR) is 54.8 cm³/mol. The molecule has 1 aromatic rings. The fraction of sp³-hybridized carbons (Fsp3) is 0.400. The van der Waals surface area contributed by atoms with Crippen LogP contribution in [0.2, 0.25) is 0 Å². The normalized spacial score (nSPS) is 10.6. The lowest BCUT2D eigenvalue weighted by Gasteiger charge is -2.11. The Morgan fingerprint density at radius 2 is 2.25 bits per heavy atom. The Morgan fingerprint density at radius 3 is 2.69 bits per heavy atom. The largest absolute Gasteiger partial charge is 0.465 e. The molecule has 0 aromatic carbocycles. The smallest absolute Gasteiger partial charge is 0.339 e. The highest BCUT2D eigenvalue weighted by molar-refractivity contribution is 6.17. The number of pyridine rings is 1. The van der Waals surface area contributed by atoms with E-state index in [1.165, 1.54) is 14.0 Å². The summed E-state index contributed by atoms with van der Waals surface area (Å²) in [6.45, 7) is 1.46. The Labute approximate surface area is 96.4 Å². The Balaban J connectivity index is 3.35. The van der Waals surface area contributed by atoms with E-state index in [1.54, 1.807) is 0 Å². The summed E-state index contributed by atoms with van der Waals surface area (Å²) >= 11 is 5.63. The zero-order valence-electron chi connectivity index (χ0n) is 8.76. The SMILES string of the molecule is COC(=O)c1cnc(C(F)F)c(C)c1CCl. The van der Waals surface area contributed by atoms with Gasteiger partial charge in [0.25, 0.3) is 6.43 Å². The maximum atomic E-state index is 12.5. The second kappa shape index (κ2) is 5.21. The van der Waals surface area contributed by atoms with Crippen molar-refractivity contribution >= 4 is 17.6 Å². The van der Waals surface area contributed by atoms with Gasteiger partial charge in [-0.05, 0) is 18.1 Å². The van der Waals surface area contributed by atoms with Crippen LogP contribution in [0.3, 0.4) is 0 Å². The molecule has 0 saturated heterocycles. The van der Waals surface area contributed by atoms with E-state index in [-0.39, 0.29) is 22.7 Å². The number of carbonyl (C=O) groups excluding carboxylic acids is 1. The van der Waals surface area contributed by atoms with Crippen molar-refractivity contribution in [2.24, 2.45) is 0 Å². The molecule has 0 atom stereocenters. The van der Waals surface area contributed by atoms with Crippen LogP contribution in [0.1, 0.15) is 33.6 Å². The second-order valence-electron chi connectivity index (χ2n) is 3.09. The third-order valence-corrected chi connectivity index (χ3v) is 2.51. The number of nitrogens with zero attached hydrogens (tertiary/aromatic N) is 1. The van der Waals surface area contributed by atoms with Crippen LogP contribution < -0.4 is 0 Å². The zero-order valence-corrected chi connectivity index (χ0v) is 9.52. The molecule has 0 aliphatic carbocycles. The van der Waals surface area contributed by atoms with Crippen LogP contribution in [-0.2, 0) is 10.6 Å². The van der Waals surface area contributed by atoms with Gasteiger partial charge in [-0.15, -0.1) is 11.6 Å². The highest BCUT2D eigenvalue weighted by Gasteiger charge is 2.20. The predicted octanol–water partition coefficient (Wildman–Crippen LogP) is 2.85. The molecular formula is C10H10ClF2NO2. The molecule has 88 valence electrons. The molecule has 1 rings (SSSR count). The Kier molecular flexibility index (Phi) is 4.18. The molecule has 0 radical (unpaired) electrons. The number of alkyl halides is 3. The first-order valence-corrected chi connectivity index (χ1v) is 4.97. The van der Waals surface area contributed by atoms with Crippen LogP contribution in [0.25, 0.3) is 0 Å². The van der Waals surface area contributed by atoms with Crippen molar-refractivity contribution in [1.82, 2.24) is 4.98 Å². The van der Waals surface area contributed by atoms with Crippen LogP contribution in [0.4, 0.5) is 8.78 Å². The average Bonchev–Trinajstić information content (AvgIpc) is 2.26. The van der Waals surface area contributed by atoms with Gasteiger partial charge in [0.05, 0.1) is 12.7 Å². The summed E-state index contributed by atoms with van der Waals surface area (Å²) in [4.78, 5) is 14.9. The molecule has 16 heavy (non-hydrogen) atoms. The first kappa shape index (κ1) is 12.8. The Hall–Kier alpha value is -1.23. The quantitative estimate of drug-likeness (QED) is 0.611. The highest BCUT2D eigenvalue weighted by Crippen LogP contribution is 2.26. The van der Waals surface area contributed by atoms with Crippen molar-refractivity contribution in [3.8, 4) is 0 Å². The molecule has 0 saturated carbocycles. The van der Waals surface area contributed by atoms with E-state index in [0.717, 1.165) is 6.20 Å². The molecule has 3 nitrogen and oxygen atoms in total. The van der Waals surface area contributed by atoms with Crippen molar-refractivity contribution < 1.29 is 18.3 Å². The molecule has 0 bridgehead atoms. The van der Waals surface area contributed by atoms with E-state index in [4.69, 9.17) is 11.6 Å². The van der Waals surface area contributed by atoms with Crippen LogP contribution in [0.5, 0.6) is 0 Å². The van der Waals surface area contributed by atoms with Crippen molar-refractivity contribution in [2.45, 2.75) is 19.2 Å². The monoisotopic (exact) mass is 249 g/mol. The van der Waals surface area contributed by atoms with Crippen molar-refractivity contribution in [1.29, 1.82) is 0 Å². The van der Waals surface area contributed by atoms with Crippen LogP contribution in [0.15, 0.2) is 6.20 Å². The van der Waals surface area contributed by atoms with E-state index in [2.05, 4.69) is 9.72 Å². The third kappa shape index (κ3) is 2.29. The van der Waals surface area contributed by atoms with Crippen molar-refractivity contribution in [2.75, 3.05) is 7.11 Å². The van der Waals surface area contributed by atoms with Gasteiger partial charge < -0.3 is 4.74 Å². The topological polar surface area (TPSA) is 39.2 Å². The number of methoxy groups -OCH3 is 1. The third-order valence-electron chi connectivity index (χ3n) is 2.24. The maximum absolute atomic E-state index is 12.5. The molecule has 6 heteroatoms. The number of esters is 1. The minimum Gasteiger partial charge on any atom is -0.465 e. The summed E-state index contributed by atoms with van der Waals surface area (Å²) in [5.41, 5.74) is 0.328. The fourth-order valence-electron chi connectivity index (χ4n) is 1.34. The number of aromatic nitrogens is 1. The average molecular weight is 250 g/mol. The van der Waals surface area contributed by atoms with Crippen LogP contribution in [-0.4, -0.2) is 18.1 Å². The Bertz CT molecular complexity index is 410. The molecule has 0 spiro atoms. The molecule has 0 unspecified atom stereocenters. The van der Waals surface area contributed by atoms with Gasteiger partial charge in [0.2, 0.25) is 0 Å². The summed E-state index contributed by atoms with van der Waals surface area (Å²) in [5, 5.41) is 0. The lowest BCUT2D eigenvalue weighted by molar-refractivity contribution is 0.0598. The number of hydrogen-bond acceptors (Lipinski definition) is 3. The maximum Gasteiger partial charge on any atom is 0.339 e. The first-order chi connectivity index (χ1) is 7.52. The molecule has 0 aliphatic heterocycles. The fourth-order valence-corrected chi connectivity index (χ4v) is 1.69. The van der Waals surface area contributed by atoms with E-state index < -0.39 is 12.4 Å². The Morgan fingerprint density at radius 1 is 1.62 bits per heavy atom. The molecule has 0 N–H and O–H groups in total. The van der Waals surface area contributed by atoms with Gasteiger partial charge in [-0.25, -0.2) is 13.6 Å². The number of rotatable bonds is 3. The second-order valence-corrected chi connectivity index (χ2v) is 3.35. The van der Waals surface area contributed by atoms with E-state index in [9.17, 15) is 13.6 Å². The van der Waals surface area contributed by atoms with E-state index in [1.807, 2.05) is 0 Å². The van der Waals surface area contributed by atoms with E-state index >= 15 is 0 Å². The zero-order chi connectivity index (χ0) is 12.3.